The van der Waals surface area contributed by atoms with Crippen LogP contribution >= 0.6 is 0 Å². The highest BCUT2D eigenvalue weighted by molar-refractivity contribution is 5.81. The predicted octanol–water partition coefficient (Wildman–Crippen LogP) is 0.751. The molecule has 0 aromatic rings. The molecule has 1 saturated carbocycles. The molecule has 2 amide bonds. The van der Waals surface area contributed by atoms with E-state index in [2.05, 4.69) is 10.6 Å². The summed E-state index contributed by atoms with van der Waals surface area (Å²) < 4.78 is 0. The topological polar surface area (TPSA) is 61.4 Å². The van der Waals surface area contributed by atoms with Crippen LogP contribution in [0.15, 0.2) is 0 Å². The fraction of sp³-hybridized carbons (Fsp3) is 0.867. The molecule has 114 valence electrons. The first-order valence-corrected chi connectivity index (χ1v) is 7.90. The maximum atomic E-state index is 12.1. The van der Waals surface area contributed by atoms with Gasteiger partial charge in [0.25, 0.3) is 0 Å². The van der Waals surface area contributed by atoms with Crippen molar-refractivity contribution in [2.45, 2.75) is 38.5 Å². The van der Waals surface area contributed by atoms with Crippen molar-refractivity contribution in [3.63, 3.8) is 0 Å². The highest BCUT2D eigenvalue weighted by Gasteiger charge is 2.29. The molecule has 2 fully saturated rings. The number of rotatable bonds is 7. The van der Waals surface area contributed by atoms with Crippen molar-refractivity contribution in [1.82, 2.24) is 15.5 Å². The normalized spacial score (nSPS) is 22.6. The fourth-order valence-electron chi connectivity index (χ4n) is 2.70. The number of nitrogens with zero attached hydrogens (tertiary/aromatic N) is 1. The van der Waals surface area contributed by atoms with Gasteiger partial charge < -0.3 is 15.5 Å². The van der Waals surface area contributed by atoms with Gasteiger partial charge in [-0.2, -0.15) is 0 Å². The molecular formula is C15H27N3O2. The van der Waals surface area contributed by atoms with Crippen LogP contribution in [0.25, 0.3) is 0 Å². The Labute approximate surface area is 121 Å². The predicted molar refractivity (Wildman–Crippen MR) is 78.2 cm³/mol. The fourth-order valence-corrected chi connectivity index (χ4v) is 2.70. The van der Waals surface area contributed by atoms with Crippen LogP contribution in [0, 0.1) is 11.8 Å². The number of hydrogen-bond acceptors (Lipinski definition) is 3. The van der Waals surface area contributed by atoms with Crippen molar-refractivity contribution >= 4 is 11.8 Å². The highest BCUT2D eigenvalue weighted by atomic mass is 16.2. The number of carbonyl (C=O) groups excluding carboxylic acids is 2. The largest absolute Gasteiger partial charge is 0.356 e. The van der Waals surface area contributed by atoms with Crippen molar-refractivity contribution in [3.8, 4) is 0 Å². The zero-order chi connectivity index (χ0) is 14.4. The van der Waals surface area contributed by atoms with Gasteiger partial charge >= 0.3 is 0 Å². The van der Waals surface area contributed by atoms with E-state index >= 15 is 0 Å². The SMILES string of the molecule is CNCCCC(=O)N1CCCC(C(=O)NCC2CC2)C1. The van der Waals surface area contributed by atoms with E-state index in [4.69, 9.17) is 0 Å². The van der Waals surface area contributed by atoms with Crippen LogP contribution in [-0.4, -0.2) is 49.9 Å². The Balaban J connectivity index is 1.72. The summed E-state index contributed by atoms with van der Waals surface area (Å²) in [5.74, 6) is 1.04. The van der Waals surface area contributed by atoms with Gasteiger partial charge in [0.1, 0.15) is 0 Å². The average Bonchev–Trinajstić information content (AvgIpc) is 3.29. The van der Waals surface area contributed by atoms with Crippen LogP contribution in [0.3, 0.4) is 0 Å². The Morgan fingerprint density at radius 2 is 2.05 bits per heavy atom. The Kier molecular flexibility index (Phi) is 5.83. The molecule has 0 radical (unpaired) electrons. The highest BCUT2D eigenvalue weighted by Crippen LogP contribution is 2.28. The summed E-state index contributed by atoms with van der Waals surface area (Å²) in [6.45, 7) is 3.11. The van der Waals surface area contributed by atoms with Gasteiger partial charge in [-0.3, -0.25) is 9.59 Å². The molecule has 0 aromatic carbocycles. The summed E-state index contributed by atoms with van der Waals surface area (Å²) in [5, 5.41) is 6.09. The standard InChI is InChI=1S/C15H27N3O2/c1-16-8-2-5-14(19)18-9-3-4-13(11-18)15(20)17-10-12-6-7-12/h12-13,16H,2-11H2,1H3,(H,17,20). The van der Waals surface area contributed by atoms with Crippen LogP contribution in [0.1, 0.15) is 38.5 Å². The molecule has 1 saturated heterocycles. The van der Waals surface area contributed by atoms with E-state index in [-0.39, 0.29) is 17.7 Å². The third-order valence-electron chi connectivity index (χ3n) is 4.22. The lowest BCUT2D eigenvalue weighted by Gasteiger charge is -2.32. The first-order valence-electron chi connectivity index (χ1n) is 7.90. The van der Waals surface area contributed by atoms with Crippen LogP contribution in [0.5, 0.6) is 0 Å². The van der Waals surface area contributed by atoms with Gasteiger partial charge in [0.05, 0.1) is 5.92 Å². The number of hydrogen-bond donors (Lipinski definition) is 2. The number of likely N-dealkylation sites (tertiary alicyclic amines) is 1. The summed E-state index contributed by atoms with van der Waals surface area (Å²) >= 11 is 0. The first-order chi connectivity index (χ1) is 9.70. The zero-order valence-electron chi connectivity index (χ0n) is 12.5. The summed E-state index contributed by atoms with van der Waals surface area (Å²) in [4.78, 5) is 26.1. The minimum Gasteiger partial charge on any atom is -0.356 e. The third kappa shape index (κ3) is 4.78. The maximum Gasteiger partial charge on any atom is 0.224 e. The average molecular weight is 281 g/mol. The minimum atomic E-state index is -0.00394. The van der Waals surface area contributed by atoms with E-state index in [0.717, 1.165) is 38.9 Å². The first kappa shape index (κ1) is 15.3. The monoisotopic (exact) mass is 281 g/mol. The van der Waals surface area contributed by atoms with E-state index in [1.54, 1.807) is 0 Å². The second-order valence-corrected chi connectivity index (χ2v) is 6.07. The lowest BCUT2D eigenvalue weighted by molar-refractivity contribution is -0.135. The van der Waals surface area contributed by atoms with E-state index in [0.29, 0.717) is 18.9 Å². The van der Waals surface area contributed by atoms with Crippen molar-refractivity contribution in [2.24, 2.45) is 11.8 Å². The van der Waals surface area contributed by atoms with Crippen molar-refractivity contribution in [3.05, 3.63) is 0 Å². The molecule has 1 aliphatic heterocycles. The molecule has 1 unspecified atom stereocenters. The summed E-state index contributed by atoms with van der Waals surface area (Å²) in [5.41, 5.74) is 0. The summed E-state index contributed by atoms with van der Waals surface area (Å²) in [6, 6.07) is 0. The second-order valence-electron chi connectivity index (χ2n) is 6.07. The molecule has 1 atom stereocenters. The van der Waals surface area contributed by atoms with E-state index < -0.39 is 0 Å². The van der Waals surface area contributed by atoms with Crippen molar-refractivity contribution in [1.29, 1.82) is 0 Å². The Morgan fingerprint density at radius 3 is 2.75 bits per heavy atom. The number of nitrogens with one attached hydrogen (secondary N) is 2. The van der Waals surface area contributed by atoms with E-state index in [9.17, 15) is 9.59 Å². The zero-order valence-corrected chi connectivity index (χ0v) is 12.5. The molecular weight excluding hydrogens is 254 g/mol. The van der Waals surface area contributed by atoms with Gasteiger partial charge in [-0.15, -0.1) is 0 Å². The molecule has 2 aliphatic rings. The lowest BCUT2D eigenvalue weighted by atomic mass is 9.96. The smallest absolute Gasteiger partial charge is 0.224 e. The molecule has 20 heavy (non-hydrogen) atoms. The van der Waals surface area contributed by atoms with Gasteiger partial charge in [0, 0.05) is 26.1 Å². The lowest BCUT2D eigenvalue weighted by Crippen LogP contribution is -2.45. The molecule has 0 aromatic heterocycles. The second kappa shape index (κ2) is 7.62. The summed E-state index contributed by atoms with van der Waals surface area (Å²) in [7, 11) is 1.89. The quantitative estimate of drug-likeness (QED) is 0.677. The van der Waals surface area contributed by atoms with Gasteiger partial charge in [-0.05, 0) is 51.6 Å². The molecule has 5 heteroatoms. The molecule has 0 spiro atoms. The molecule has 5 nitrogen and oxygen atoms in total. The van der Waals surface area contributed by atoms with Crippen LogP contribution in [-0.2, 0) is 9.59 Å². The number of piperidine rings is 1. The van der Waals surface area contributed by atoms with Crippen LogP contribution in [0.2, 0.25) is 0 Å². The molecule has 1 aliphatic carbocycles. The van der Waals surface area contributed by atoms with Crippen molar-refractivity contribution in [2.75, 3.05) is 33.2 Å². The molecule has 2 N–H and O–H groups in total. The molecule has 1 heterocycles. The molecule has 0 bridgehead atoms. The number of amides is 2. The van der Waals surface area contributed by atoms with Crippen LogP contribution in [0.4, 0.5) is 0 Å². The van der Waals surface area contributed by atoms with E-state index in [1.165, 1.54) is 12.8 Å². The van der Waals surface area contributed by atoms with Crippen LogP contribution < -0.4 is 10.6 Å². The molecule has 2 rings (SSSR count). The van der Waals surface area contributed by atoms with E-state index in [1.807, 2.05) is 11.9 Å². The van der Waals surface area contributed by atoms with Gasteiger partial charge in [-0.25, -0.2) is 0 Å². The number of carbonyl (C=O) groups is 2. The van der Waals surface area contributed by atoms with Crippen molar-refractivity contribution < 1.29 is 9.59 Å². The third-order valence-corrected chi connectivity index (χ3v) is 4.22. The Bertz CT molecular complexity index is 342. The Hall–Kier alpha value is -1.10. The van der Waals surface area contributed by atoms with Gasteiger partial charge in [0.2, 0.25) is 11.8 Å². The minimum absolute atomic E-state index is 0.00394. The van der Waals surface area contributed by atoms with Gasteiger partial charge in [-0.1, -0.05) is 0 Å². The van der Waals surface area contributed by atoms with Gasteiger partial charge in [0.15, 0.2) is 0 Å². The Morgan fingerprint density at radius 1 is 1.25 bits per heavy atom. The summed E-state index contributed by atoms with van der Waals surface area (Å²) in [6.07, 6.45) is 5.81. The maximum absolute atomic E-state index is 12.1.